The van der Waals surface area contributed by atoms with E-state index in [0.717, 1.165) is 17.7 Å². The zero-order chi connectivity index (χ0) is 19.4. The molecule has 0 saturated heterocycles. The summed E-state index contributed by atoms with van der Waals surface area (Å²) in [5.74, 6) is 0.318. The molecule has 1 aliphatic rings. The molecular formula is C22H28FN3O. The molecular weight excluding hydrogens is 341 g/mol. The zero-order valence-electron chi connectivity index (χ0n) is 16.3. The number of nitrogens with zero attached hydrogens (tertiary/aromatic N) is 2. The lowest BCUT2D eigenvalue weighted by Crippen LogP contribution is -2.42. The van der Waals surface area contributed by atoms with Gasteiger partial charge in [-0.1, -0.05) is 36.4 Å². The minimum atomic E-state index is -0.278. The average molecular weight is 369 g/mol. The minimum absolute atomic E-state index is 0.000321. The first-order valence-corrected chi connectivity index (χ1v) is 9.51. The van der Waals surface area contributed by atoms with Crippen molar-refractivity contribution in [2.24, 2.45) is 5.92 Å². The van der Waals surface area contributed by atoms with Gasteiger partial charge in [0.2, 0.25) is 0 Å². The summed E-state index contributed by atoms with van der Waals surface area (Å²) in [6.07, 6.45) is 2.37. The van der Waals surface area contributed by atoms with Crippen LogP contribution in [0, 0.1) is 11.7 Å². The molecule has 1 saturated carbocycles. The second-order valence-electron chi connectivity index (χ2n) is 7.52. The Morgan fingerprint density at radius 3 is 2.48 bits per heavy atom. The van der Waals surface area contributed by atoms with Crippen LogP contribution in [0.5, 0.6) is 0 Å². The van der Waals surface area contributed by atoms with Crippen molar-refractivity contribution in [1.29, 1.82) is 0 Å². The highest BCUT2D eigenvalue weighted by atomic mass is 19.1. The van der Waals surface area contributed by atoms with Crippen molar-refractivity contribution < 1.29 is 9.18 Å². The number of carbonyl (C=O) groups excluding carboxylic acids is 1. The van der Waals surface area contributed by atoms with Gasteiger partial charge < -0.3 is 15.1 Å². The third kappa shape index (κ3) is 5.00. The summed E-state index contributed by atoms with van der Waals surface area (Å²) >= 11 is 0. The van der Waals surface area contributed by atoms with E-state index in [-0.39, 0.29) is 17.9 Å². The van der Waals surface area contributed by atoms with Crippen LogP contribution in [0.1, 0.15) is 36.9 Å². The van der Waals surface area contributed by atoms with Crippen LogP contribution in [0.2, 0.25) is 0 Å². The van der Waals surface area contributed by atoms with E-state index in [2.05, 4.69) is 12.2 Å². The molecule has 0 aliphatic heterocycles. The van der Waals surface area contributed by atoms with Gasteiger partial charge in [-0.3, -0.25) is 0 Å². The molecule has 1 N–H and O–H groups in total. The highest BCUT2D eigenvalue weighted by Crippen LogP contribution is 2.32. The Morgan fingerprint density at radius 2 is 1.89 bits per heavy atom. The highest BCUT2D eigenvalue weighted by molar-refractivity contribution is 5.74. The Hall–Kier alpha value is -2.56. The van der Waals surface area contributed by atoms with Gasteiger partial charge in [-0.25, -0.2) is 9.18 Å². The monoisotopic (exact) mass is 369 g/mol. The molecule has 4 nitrogen and oxygen atoms in total. The SMILES string of the molecule is CC(c1ccccc1)N(CC1CC1)C(=O)NCc1ccc(N(C)C)c(F)c1. The van der Waals surface area contributed by atoms with Crippen molar-refractivity contribution in [2.75, 3.05) is 25.5 Å². The van der Waals surface area contributed by atoms with E-state index >= 15 is 0 Å². The summed E-state index contributed by atoms with van der Waals surface area (Å²) in [7, 11) is 3.61. The van der Waals surface area contributed by atoms with Crippen LogP contribution >= 0.6 is 0 Å². The molecule has 2 amide bonds. The molecule has 0 spiro atoms. The smallest absolute Gasteiger partial charge is 0.318 e. The van der Waals surface area contributed by atoms with Gasteiger partial charge in [-0.15, -0.1) is 0 Å². The Bertz CT molecular complexity index is 774. The van der Waals surface area contributed by atoms with Crippen LogP contribution in [-0.2, 0) is 6.54 Å². The van der Waals surface area contributed by atoms with Crippen molar-refractivity contribution in [2.45, 2.75) is 32.4 Å². The topological polar surface area (TPSA) is 35.6 Å². The Labute approximate surface area is 161 Å². The molecule has 0 heterocycles. The number of carbonyl (C=O) groups is 1. The lowest BCUT2D eigenvalue weighted by molar-refractivity contribution is 0.175. The number of nitrogens with one attached hydrogen (secondary N) is 1. The molecule has 1 unspecified atom stereocenters. The van der Waals surface area contributed by atoms with Crippen LogP contribution in [0.3, 0.4) is 0 Å². The largest absolute Gasteiger partial charge is 0.375 e. The second kappa shape index (κ2) is 8.42. The number of rotatable bonds is 7. The summed E-state index contributed by atoms with van der Waals surface area (Å²) in [6, 6.07) is 15.0. The summed E-state index contributed by atoms with van der Waals surface area (Å²) < 4.78 is 14.1. The molecule has 5 heteroatoms. The van der Waals surface area contributed by atoms with Gasteiger partial charge in [0.15, 0.2) is 0 Å². The number of amides is 2. The standard InChI is InChI=1S/C22H28FN3O/c1-16(19-7-5-4-6-8-19)26(15-17-9-10-17)22(27)24-14-18-11-12-21(25(2)3)20(23)13-18/h4-8,11-13,16-17H,9-10,14-15H2,1-3H3,(H,24,27). The van der Waals surface area contributed by atoms with Gasteiger partial charge in [-0.2, -0.15) is 0 Å². The average Bonchev–Trinajstić information content (AvgIpc) is 3.48. The fourth-order valence-electron chi connectivity index (χ4n) is 3.21. The van der Waals surface area contributed by atoms with E-state index in [1.165, 1.54) is 18.9 Å². The lowest BCUT2D eigenvalue weighted by Gasteiger charge is -2.30. The minimum Gasteiger partial charge on any atom is -0.375 e. The van der Waals surface area contributed by atoms with E-state index in [1.807, 2.05) is 41.3 Å². The maximum Gasteiger partial charge on any atom is 0.318 e. The van der Waals surface area contributed by atoms with Crippen LogP contribution < -0.4 is 10.2 Å². The first kappa shape index (κ1) is 19.2. The van der Waals surface area contributed by atoms with Crippen LogP contribution in [0.4, 0.5) is 14.9 Å². The van der Waals surface area contributed by atoms with Crippen LogP contribution in [0.25, 0.3) is 0 Å². The first-order valence-electron chi connectivity index (χ1n) is 9.51. The fourth-order valence-corrected chi connectivity index (χ4v) is 3.21. The molecule has 0 bridgehead atoms. The van der Waals surface area contributed by atoms with Crippen LogP contribution in [-0.4, -0.2) is 31.6 Å². The molecule has 2 aromatic rings. The molecule has 2 aromatic carbocycles. The summed E-state index contributed by atoms with van der Waals surface area (Å²) in [5, 5.41) is 2.97. The lowest BCUT2D eigenvalue weighted by atomic mass is 10.1. The third-order valence-electron chi connectivity index (χ3n) is 5.10. The van der Waals surface area contributed by atoms with E-state index in [9.17, 15) is 9.18 Å². The van der Waals surface area contributed by atoms with Gasteiger partial charge in [0.1, 0.15) is 5.82 Å². The maximum absolute atomic E-state index is 14.1. The Kier molecular flexibility index (Phi) is 5.99. The van der Waals surface area contributed by atoms with Crippen molar-refractivity contribution in [3.8, 4) is 0 Å². The van der Waals surface area contributed by atoms with E-state index < -0.39 is 0 Å². The van der Waals surface area contributed by atoms with Crippen molar-refractivity contribution in [1.82, 2.24) is 10.2 Å². The van der Waals surface area contributed by atoms with Gasteiger partial charge >= 0.3 is 6.03 Å². The number of hydrogen-bond donors (Lipinski definition) is 1. The predicted molar refractivity (Wildman–Crippen MR) is 107 cm³/mol. The van der Waals surface area contributed by atoms with E-state index in [4.69, 9.17) is 0 Å². The van der Waals surface area contributed by atoms with Gasteiger partial charge in [0.05, 0.1) is 11.7 Å². The normalized spacial score (nSPS) is 14.5. The Balaban J connectivity index is 1.66. The quantitative estimate of drug-likeness (QED) is 0.776. The number of hydrogen-bond acceptors (Lipinski definition) is 2. The van der Waals surface area contributed by atoms with Crippen molar-refractivity contribution >= 4 is 11.7 Å². The molecule has 0 aromatic heterocycles. The van der Waals surface area contributed by atoms with Crippen LogP contribution in [0.15, 0.2) is 48.5 Å². The summed E-state index contributed by atoms with van der Waals surface area (Å²) in [4.78, 5) is 16.5. The predicted octanol–water partition coefficient (Wildman–Crippen LogP) is 4.57. The second-order valence-corrected chi connectivity index (χ2v) is 7.52. The third-order valence-corrected chi connectivity index (χ3v) is 5.10. The first-order chi connectivity index (χ1) is 13.0. The van der Waals surface area contributed by atoms with E-state index in [0.29, 0.717) is 18.2 Å². The van der Waals surface area contributed by atoms with Gasteiger partial charge in [0.25, 0.3) is 0 Å². The molecule has 27 heavy (non-hydrogen) atoms. The van der Waals surface area contributed by atoms with Gasteiger partial charge in [0, 0.05) is 27.2 Å². The van der Waals surface area contributed by atoms with E-state index in [1.54, 1.807) is 25.1 Å². The fraction of sp³-hybridized carbons (Fsp3) is 0.409. The maximum atomic E-state index is 14.1. The number of halogens is 1. The van der Waals surface area contributed by atoms with Crippen molar-refractivity contribution in [3.63, 3.8) is 0 Å². The van der Waals surface area contributed by atoms with Gasteiger partial charge in [-0.05, 0) is 48.9 Å². The zero-order valence-corrected chi connectivity index (χ0v) is 16.3. The number of anilines is 1. The number of benzene rings is 2. The molecule has 3 rings (SSSR count). The molecule has 1 aliphatic carbocycles. The molecule has 0 radical (unpaired) electrons. The number of urea groups is 1. The van der Waals surface area contributed by atoms with Crippen molar-refractivity contribution in [3.05, 3.63) is 65.5 Å². The Morgan fingerprint density at radius 1 is 1.19 bits per heavy atom. The highest BCUT2D eigenvalue weighted by Gasteiger charge is 2.30. The summed E-state index contributed by atoms with van der Waals surface area (Å²) in [6.45, 7) is 3.13. The summed E-state index contributed by atoms with van der Waals surface area (Å²) in [5.41, 5.74) is 2.41. The molecule has 1 atom stereocenters. The molecule has 144 valence electrons. The molecule has 1 fully saturated rings.